The molecule has 28 nitrogen and oxygen atoms in total. The number of amides is 2. The van der Waals surface area contributed by atoms with Crippen LogP contribution in [0, 0.1) is 20.2 Å². The molecule has 0 aliphatic rings. The van der Waals surface area contributed by atoms with Crippen LogP contribution in [0.3, 0.4) is 0 Å². The fraction of sp³-hybridized carbons (Fsp3) is 0.0943. The first-order valence-corrected chi connectivity index (χ1v) is 48.2. The maximum atomic E-state index is 12.4. The summed E-state index contributed by atoms with van der Waals surface area (Å²) in [6.07, 6.45) is 6.87. The minimum absolute atomic E-state index is 0.0925. The number of halogens is 4. The van der Waals surface area contributed by atoms with E-state index in [1.54, 1.807) is 118 Å². The van der Waals surface area contributed by atoms with Crippen LogP contribution in [0.4, 0.5) is 22.7 Å². The SMILES string of the molecule is COC(=O)c1ccc(N)cc1-c1ccc2c(CC(=O)O)cn(Cc3csc4ccc(Cl)cc34)c2c1.COC(=O)c1ccc([N+](=O)[O-])cc1-c1ccc2c(CC(=O)O)cn(Cc3csc4ccc(Cl)cc34)c2c1.NC(=O)c1ccc(N)cc1-c1ccc2c(CC(=O)O)cn(Cc3csc4ccc(Cl)cc34)c2c1.NC(=O)c1ccc([N+](=O)[O-])cc1-c1ccc2c(CC(=O)O)cn(Cc3csc4ccc(Cl)cc34)c2c1. The lowest BCUT2D eigenvalue weighted by Gasteiger charge is -2.11. The summed E-state index contributed by atoms with van der Waals surface area (Å²) in [4.78, 5) is 117. The number of nitrogen functional groups attached to an aromatic ring is 2. The molecule has 36 heteroatoms. The van der Waals surface area contributed by atoms with Crippen LogP contribution in [0.15, 0.2) is 265 Å². The Morgan fingerprint density at radius 2 is 0.563 bits per heavy atom. The summed E-state index contributed by atoms with van der Waals surface area (Å²) >= 11 is 31.4. The minimum atomic E-state index is -0.958. The summed E-state index contributed by atoms with van der Waals surface area (Å²) in [5, 5.41) is 78.8. The molecular weight excluding hydrogens is 1970 g/mol. The van der Waals surface area contributed by atoms with Crippen molar-refractivity contribution in [1.82, 2.24) is 18.3 Å². The van der Waals surface area contributed by atoms with E-state index in [-0.39, 0.29) is 48.2 Å². The molecule has 0 fully saturated rings. The Bertz CT molecular complexity index is 8620. The number of rotatable bonds is 26. The molecule has 20 rings (SSSR count). The topological polar surface area (TPSA) is 446 Å². The number of nitro benzene ring substituents is 2. The molecule has 142 heavy (non-hydrogen) atoms. The third-order valence-corrected chi connectivity index (χ3v) is 29.1. The van der Waals surface area contributed by atoms with Gasteiger partial charge < -0.3 is 71.1 Å². The highest BCUT2D eigenvalue weighted by molar-refractivity contribution is 7.18. The van der Waals surface area contributed by atoms with Crippen LogP contribution in [0.25, 0.3) is 128 Å². The molecule has 712 valence electrons. The number of anilines is 2. The van der Waals surface area contributed by atoms with Gasteiger partial charge in [-0.3, -0.25) is 49.0 Å². The van der Waals surface area contributed by atoms with Crippen molar-refractivity contribution in [2.45, 2.75) is 51.9 Å². The summed E-state index contributed by atoms with van der Waals surface area (Å²) in [7, 11) is 2.59. The van der Waals surface area contributed by atoms with Crippen molar-refractivity contribution in [3.63, 3.8) is 0 Å². The molecule has 0 aliphatic carbocycles. The number of thiophene rings is 4. The van der Waals surface area contributed by atoms with Crippen molar-refractivity contribution in [2.75, 3.05) is 25.7 Å². The first-order chi connectivity index (χ1) is 68.1. The van der Waals surface area contributed by atoms with E-state index in [0.29, 0.717) is 119 Å². The molecule has 12 aromatic carbocycles. The number of hydrogen-bond donors (Lipinski definition) is 8. The largest absolute Gasteiger partial charge is 0.481 e. The highest BCUT2D eigenvalue weighted by Crippen LogP contribution is 2.43. The number of esters is 2. The molecule has 20 aromatic rings. The molecule has 0 unspecified atom stereocenters. The Hall–Kier alpha value is -16.0. The fourth-order valence-corrected chi connectivity index (χ4v) is 22.1. The van der Waals surface area contributed by atoms with Crippen LogP contribution in [0.1, 0.15) is 85.9 Å². The van der Waals surface area contributed by atoms with Gasteiger partial charge >= 0.3 is 35.8 Å². The predicted octanol–water partition coefficient (Wildman–Crippen LogP) is 24.2. The molecule has 0 saturated carbocycles. The van der Waals surface area contributed by atoms with Gasteiger partial charge in [-0.1, -0.05) is 94.9 Å². The molecule has 0 radical (unpaired) electrons. The number of nitro groups is 2. The van der Waals surface area contributed by atoms with Crippen LogP contribution >= 0.6 is 91.8 Å². The van der Waals surface area contributed by atoms with E-state index in [2.05, 4.69) is 10.8 Å². The number of primary amides is 2. The fourth-order valence-electron chi connectivity index (χ4n) is 17.7. The van der Waals surface area contributed by atoms with Gasteiger partial charge in [-0.05, 0) is 267 Å². The van der Waals surface area contributed by atoms with Crippen molar-refractivity contribution in [3.05, 3.63) is 372 Å². The third kappa shape index (κ3) is 20.8. The summed E-state index contributed by atoms with van der Waals surface area (Å²) in [6, 6.07) is 63.0. The van der Waals surface area contributed by atoms with E-state index in [1.165, 1.54) is 50.6 Å². The Labute approximate surface area is 841 Å². The zero-order chi connectivity index (χ0) is 100. The van der Waals surface area contributed by atoms with Crippen LogP contribution in [-0.2, 0) is 80.5 Å². The smallest absolute Gasteiger partial charge is 0.338 e. The summed E-state index contributed by atoms with van der Waals surface area (Å²) in [6.45, 7) is 2.00. The van der Waals surface area contributed by atoms with Gasteiger partial charge in [0.2, 0.25) is 11.8 Å². The molecule has 0 aliphatic heterocycles. The second-order valence-corrected chi connectivity index (χ2v) is 38.6. The Morgan fingerprint density at radius 3 is 0.824 bits per heavy atom. The number of carbonyl (C=O) groups excluding carboxylic acids is 4. The number of non-ortho nitro benzene ring substituents is 2. The lowest BCUT2D eigenvalue weighted by Crippen LogP contribution is -2.12. The number of carbonyl (C=O) groups is 8. The number of fused-ring (bicyclic) bond motifs is 8. The molecule has 12 N–H and O–H groups in total. The van der Waals surface area contributed by atoms with Crippen LogP contribution in [-0.4, -0.2) is 110 Å². The van der Waals surface area contributed by atoms with E-state index < -0.39 is 57.5 Å². The molecular formula is C106H78Cl4N10O18S4. The molecule has 0 spiro atoms. The van der Waals surface area contributed by atoms with E-state index in [4.69, 9.17) is 78.8 Å². The van der Waals surface area contributed by atoms with Gasteiger partial charge in [-0.15, -0.1) is 45.3 Å². The summed E-state index contributed by atoms with van der Waals surface area (Å²) < 4.78 is 22.3. The number of nitrogens with two attached hydrogens (primary N) is 4. The van der Waals surface area contributed by atoms with Crippen molar-refractivity contribution in [3.8, 4) is 44.5 Å². The third-order valence-electron chi connectivity index (χ3n) is 24.2. The lowest BCUT2D eigenvalue weighted by molar-refractivity contribution is -0.385. The van der Waals surface area contributed by atoms with Crippen molar-refractivity contribution < 1.29 is 78.1 Å². The summed E-state index contributed by atoms with van der Waals surface area (Å²) in [5.41, 5.74) is 39.8. The zero-order valence-electron chi connectivity index (χ0n) is 74.7. The van der Waals surface area contributed by atoms with Gasteiger partial charge in [0, 0.05) is 191 Å². The standard InChI is InChI=1S/C27H19ClN2O6S.C27H21ClN2O4S.C26H18ClN3O5S.C26H20ClN3O3S/c1-36-27(33)21-6-4-19(30(34)35)11-22(21)15-2-5-20-16(9-26(31)32)12-29(24(20)8-15)13-17-14-37-25-7-3-18(28)10-23(17)25;1-34-27(33)21-6-4-19(29)11-22(21)15-2-5-20-16(9-26(31)32)12-30(24(20)8-15)13-17-14-35-25-7-3-18(28)10-23(17)25;27-17-2-6-24-22(9-17)16(13-36-24)12-29-11-15(8-25(31)32)19-4-1-14(7-23(19)29)21-10-18(30(34)35)3-5-20(21)26(28)33;27-17-2-6-24-22(9-17)16(13-34-24)12-30-11-15(8-25(31)32)19-4-1-14(7-23(19)30)21-10-18(28)3-5-20(21)26(29)33/h2-8,10-12,14H,9,13H2,1H3,(H,31,32);2-8,10-12,14H,9,13,29H2,1H3,(H,31,32);1-7,9-11,13H,8,12H2,(H2,28,33)(H,31,32);1-7,9-11,13H,8,12,28H2,(H2,29,33)(H,31,32). The Balaban J connectivity index is 0.000000130. The second-order valence-electron chi connectivity index (χ2n) is 33.2. The van der Waals surface area contributed by atoms with Gasteiger partial charge in [0.15, 0.2) is 0 Å². The number of nitrogens with zero attached hydrogens (tertiary/aromatic N) is 6. The van der Waals surface area contributed by atoms with Crippen molar-refractivity contribution in [1.29, 1.82) is 0 Å². The monoisotopic (exact) mass is 2050 g/mol. The highest BCUT2D eigenvalue weighted by atomic mass is 35.5. The lowest BCUT2D eigenvalue weighted by atomic mass is 9.97. The van der Waals surface area contributed by atoms with Gasteiger partial charge in [-0.2, -0.15) is 0 Å². The number of ether oxygens (including phenoxy) is 2. The first-order valence-electron chi connectivity index (χ1n) is 43.2. The highest BCUT2D eigenvalue weighted by Gasteiger charge is 2.27. The quantitative estimate of drug-likeness (QED) is 0.0108. The van der Waals surface area contributed by atoms with Gasteiger partial charge in [0.1, 0.15) is 0 Å². The first kappa shape index (κ1) is 97.6. The van der Waals surface area contributed by atoms with Crippen molar-refractivity contribution >= 4 is 246 Å². The number of benzene rings is 12. The molecule has 2 amide bonds. The number of carboxylic acid groups (broad SMARTS) is 4. The average Bonchev–Trinajstić information content (AvgIpc) is 1.65. The number of aromatic nitrogens is 4. The molecule has 0 bridgehead atoms. The molecule has 8 heterocycles. The van der Waals surface area contributed by atoms with Gasteiger partial charge in [0.05, 0.1) is 60.9 Å². The number of aliphatic carboxylic acids is 4. The van der Waals surface area contributed by atoms with E-state index in [9.17, 15) is 79.0 Å². The van der Waals surface area contributed by atoms with E-state index in [1.807, 2.05) is 163 Å². The Kier molecular flexibility index (Phi) is 28.3. The average molecular weight is 2050 g/mol. The minimum Gasteiger partial charge on any atom is -0.481 e. The van der Waals surface area contributed by atoms with Crippen LogP contribution < -0.4 is 22.9 Å². The maximum absolute atomic E-state index is 12.4. The number of hydrogen-bond acceptors (Lipinski definition) is 20. The molecule has 8 aromatic heterocycles. The maximum Gasteiger partial charge on any atom is 0.338 e. The normalized spacial score (nSPS) is 11.3. The van der Waals surface area contributed by atoms with Gasteiger partial charge in [0.25, 0.3) is 11.4 Å². The van der Waals surface area contributed by atoms with Crippen LogP contribution in [0.5, 0.6) is 0 Å². The predicted molar refractivity (Wildman–Crippen MR) is 560 cm³/mol. The molecule has 0 saturated heterocycles. The zero-order valence-corrected chi connectivity index (χ0v) is 81.0. The number of methoxy groups -OCH3 is 2. The molecule has 0 atom stereocenters. The second kappa shape index (κ2) is 41.2. The van der Waals surface area contributed by atoms with E-state index >= 15 is 0 Å². The van der Waals surface area contributed by atoms with Crippen LogP contribution in [0.2, 0.25) is 20.1 Å². The Morgan fingerprint density at radius 1 is 0.317 bits per heavy atom. The number of carboxylic acids is 4. The van der Waals surface area contributed by atoms with E-state index in [0.717, 1.165) is 123 Å². The summed E-state index contributed by atoms with van der Waals surface area (Å²) in [5.74, 6) is -6.03. The van der Waals surface area contributed by atoms with Crippen molar-refractivity contribution in [2.24, 2.45) is 11.5 Å². The van der Waals surface area contributed by atoms with Gasteiger partial charge in [-0.25, -0.2) is 9.59 Å².